The van der Waals surface area contributed by atoms with Crippen molar-refractivity contribution in [3.63, 3.8) is 0 Å². The molecule has 2 aromatic carbocycles. The lowest BCUT2D eigenvalue weighted by Crippen LogP contribution is -2.34. The van der Waals surface area contributed by atoms with Crippen molar-refractivity contribution < 1.29 is 14.3 Å². The number of esters is 1. The fourth-order valence-electron chi connectivity index (χ4n) is 3.75. The van der Waals surface area contributed by atoms with E-state index in [9.17, 15) is 14.4 Å². The number of para-hydroxylation sites is 2. The summed E-state index contributed by atoms with van der Waals surface area (Å²) >= 11 is 0. The molecular weight excluding hydrogens is 334 g/mol. The molecular formula is C19H13N3O4. The average molecular weight is 347 g/mol. The molecule has 2 atom stereocenters. The van der Waals surface area contributed by atoms with E-state index >= 15 is 0 Å². The Morgan fingerprint density at radius 1 is 1.08 bits per heavy atom. The van der Waals surface area contributed by atoms with Gasteiger partial charge in [-0.3, -0.25) is 14.2 Å². The molecule has 2 aliphatic heterocycles. The average Bonchev–Trinajstić information content (AvgIpc) is 3.14. The van der Waals surface area contributed by atoms with Crippen molar-refractivity contribution in [1.82, 2.24) is 9.55 Å². The zero-order valence-electron chi connectivity index (χ0n) is 13.5. The SMILES string of the molecule is O=C1O[C@]2(C[C@H]1n1cnc3ccccc3c1=O)C(=O)Nc1ccccc12. The summed E-state index contributed by atoms with van der Waals surface area (Å²) in [5, 5.41) is 3.16. The number of amides is 1. The highest BCUT2D eigenvalue weighted by Crippen LogP contribution is 2.48. The highest BCUT2D eigenvalue weighted by Gasteiger charge is 2.58. The van der Waals surface area contributed by atoms with Crippen molar-refractivity contribution >= 4 is 28.5 Å². The van der Waals surface area contributed by atoms with Gasteiger partial charge in [0, 0.05) is 17.7 Å². The van der Waals surface area contributed by atoms with Gasteiger partial charge in [0.1, 0.15) is 6.04 Å². The van der Waals surface area contributed by atoms with Gasteiger partial charge < -0.3 is 10.1 Å². The molecule has 1 aromatic heterocycles. The van der Waals surface area contributed by atoms with Crippen molar-refractivity contribution in [2.24, 2.45) is 0 Å². The zero-order valence-corrected chi connectivity index (χ0v) is 13.5. The normalized spacial score (nSPS) is 23.9. The summed E-state index contributed by atoms with van der Waals surface area (Å²) < 4.78 is 6.80. The monoisotopic (exact) mass is 347 g/mol. The molecule has 1 N–H and O–H groups in total. The maximum absolute atomic E-state index is 12.8. The third-order valence-electron chi connectivity index (χ3n) is 5.03. The summed E-state index contributed by atoms with van der Waals surface area (Å²) in [6.07, 6.45) is 1.39. The summed E-state index contributed by atoms with van der Waals surface area (Å²) in [5.41, 5.74) is 0.0568. The number of carbonyl (C=O) groups is 2. The second kappa shape index (κ2) is 5.01. The quantitative estimate of drug-likeness (QED) is 0.677. The molecule has 7 heteroatoms. The lowest BCUT2D eigenvalue weighted by Gasteiger charge is -2.19. The predicted octanol–water partition coefficient (Wildman–Crippen LogP) is 1.73. The molecule has 0 saturated carbocycles. The van der Waals surface area contributed by atoms with Crippen molar-refractivity contribution in [1.29, 1.82) is 0 Å². The number of hydrogen-bond donors (Lipinski definition) is 1. The molecule has 2 aliphatic rings. The Morgan fingerprint density at radius 2 is 1.85 bits per heavy atom. The van der Waals surface area contributed by atoms with E-state index in [2.05, 4.69) is 10.3 Å². The van der Waals surface area contributed by atoms with Crippen LogP contribution >= 0.6 is 0 Å². The molecule has 0 unspecified atom stereocenters. The number of benzene rings is 2. The number of aromatic nitrogens is 2. The van der Waals surface area contributed by atoms with E-state index in [-0.39, 0.29) is 12.0 Å². The molecule has 1 spiro atoms. The van der Waals surface area contributed by atoms with Gasteiger partial charge in [0.05, 0.1) is 17.2 Å². The summed E-state index contributed by atoms with van der Waals surface area (Å²) in [6.45, 7) is 0. The van der Waals surface area contributed by atoms with Crippen LogP contribution in [-0.4, -0.2) is 21.4 Å². The van der Waals surface area contributed by atoms with Crippen LogP contribution in [0.15, 0.2) is 59.7 Å². The van der Waals surface area contributed by atoms with Gasteiger partial charge in [-0.1, -0.05) is 30.3 Å². The first kappa shape index (κ1) is 14.8. The fourth-order valence-corrected chi connectivity index (χ4v) is 3.75. The topological polar surface area (TPSA) is 90.3 Å². The molecule has 7 nitrogen and oxygen atoms in total. The number of anilines is 1. The maximum Gasteiger partial charge on any atom is 0.330 e. The maximum atomic E-state index is 12.8. The summed E-state index contributed by atoms with van der Waals surface area (Å²) in [5.74, 6) is -1.01. The van der Waals surface area contributed by atoms with Crippen LogP contribution < -0.4 is 10.9 Å². The smallest absolute Gasteiger partial charge is 0.330 e. The molecule has 1 amide bonds. The van der Waals surface area contributed by atoms with E-state index in [0.29, 0.717) is 22.2 Å². The first-order chi connectivity index (χ1) is 12.6. The van der Waals surface area contributed by atoms with Crippen LogP contribution in [0.1, 0.15) is 18.0 Å². The zero-order chi connectivity index (χ0) is 17.9. The molecule has 1 fully saturated rings. The van der Waals surface area contributed by atoms with Crippen LogP contribution in [0, 0.1) is 0 Å². The van der Waals surface area contributed by atoms with Crippen LogP contribution in [0.4, 0.5) is 5.69 Å². The van der Waals surface area contributed by atoms with E-state index in [4.69, 9.17) is 4.74 Å². The summed E-state index contributed by atoms with van der Waals surface area (Å²) in [6, 6.07) is 13.1. The lowest BCUT2D eigenvalue weighted by molar-refractivity contribution is -0.157. The molecule has 3 aromatic rings. The summed E-state index contributed by atoms with van der Waals surface area (Å²) in [4.78, 5) is 42.2. The van der Waals surface area contributed by atoms with Gasteiger partial charge in [-0.15, -0.1) is 0 Å². The number of rotatable bonds is 1. The van der Waals surface area contributed by atoms with Crippen molar-refractivity contribution in [2.45, 2.75) is 18.1 Å². The predicted molar refractivity (Wildman–Crippen MR) is 92.5 cm³/mol. The van der Waals surface area contributed by atoms with Crippen LogP contribution in [-0.2, 0) is 19.9 Å². The molecule has 0 aliphatic carbocycles. The Morgan fingerprint density at radius 3 is 2.73 bits per heavy atom. The van der Waals surface area contributed by atoms with Crippen LogP contribution in [0.5, 0.6) is 0 Å². The van der Waals surface area contributed by atoms with Gasteiger partial charge in [0.2, 0.25) is 5.60 Å². The third-order valence-corrected chi connectivity index (χ3v) is 5.03. The van der Waals surface area contributed by atoms with Gasteiger partial charge in [-0.25, -0.2) is 9.78 Å². The van der Waals surface area contributed by atoms with E-state index in [1.165, 1.54) is 10.9 Å². The Balaban J connectivity index is 1.63. The van der Waals surface area contributed by atoms with E-state index in [1.807, 2.05) is 0 Å². The lowest BCUT2D eigenvalue weighted by atomic mass is 9.90. The molecule has 1 saturated heterocycles. The first-order valence-corrected chi connectivity index (χ1v) is 8.20. The van der Waals surface area contributed by atoms with Gasteiger partial charge in [0.15, 0.2) is 0 Å². The molecule has 3 heterocycles. The van der Waals surface area contributed by atoms with Crippen LogP contribution in [0.3, 0.4) is 0 Å². The minimum absolute atomic E-state index is 0.0502. The molecule has 26 heavy (non-hydrogen) atoms. The van der Waals surface area contributed by atoms with Gasteiger partial charge in [0.25, 0.3) is 11.5 Å². The van der Waals surface area contributed by atoms with Gasteiger partial charge >= 0.3 is 5.97 Å². The van der Waals surface area contributed by atoms with Crippen LogP contribution in [0.2, 0.25) is 0 Å². The minimum Gasteiger partial charge on any atom is -0.442 e. The number of nitrogens with zero attached hydrogens (tertiary/aromatic N) is 2. The number of fused-ring (bicyclic) bond motifs is 3. The van der Waals surface area contributed by atoms with E-state index < -0.39 is 23.5 Å². The van der Waals surface area contributed by atoms with Crippen molar-refractivity contribution in [3.05, 3.63) is 70.8 Å². The standard InChI is InChI=1S/C19H13N3O4/c23-16-11-5-1-3-7-13(11)20-10-22(16)15-9-19(26-17(15)24)12-6-2-4-8-14(12)21-18(19)25/h1-8,10,15H,9H2,(H,21,25)/t15-,19+/m1/s1. The molecule has 5 rings (SSSR count). The Labute approximate surface area is 147 Å². The third kappa shape index (κ3) is 1.82. The largest absolute Gasteiger partial charge is 0.442 e. The Kier molecular flexibility index (Phi) is 2.86. The fraction of sp³-hybridized carbons (Fsp3) is 0.158. The number of ether oxygens (including phenoxy) is 1. The second-order valence-electron chi connectivity index (χ2n) is 6.44. The second-order valence-corrected chi connectivity index (χ2v) is 6.44. The Bertz CT molecular complexity index is 1150. The van der Waals surface area contributed by atoms with Gasteiger partial charge in [-0.2, -0.15) is 0 Å². The summed E-state index contributed by atoms with van der Waals surface area (Å²) in [7, 11) is 0. The minimum atomic E-state index is -1.40. The highest BCUT2D eigenvalue weighted by atomic mass is 16.6. The Hall–Kier alpha value is -3.48. The van der Waals surface area contributed by atoms with Crippen LogP contribution in [0.25, 0.3) is 10.9 Å². The molecule has 0 bridgehead atoms. The molecule has 128 valence electrons. The number of hydrogen-bond acceptors (Lipinski definition) is 5. The van der Waals surface area contributed by atoms with Gasteiger partial charge in [-0.05, 0) is 18.2 Å². The number of carbonyl (C=O) groups excluding carboxylic acids is 2. The highest BCUT2D eigenvalue weighted by molar-refractivity contribution is 6.07. The number of nitrogens with one attached hydrogen (secondary N) is 1. The van der Waals surface area contributed by atoms with Crippen molar-refractivity contribution in [2.75, 3.05) is 5.32 Å². The van der Waals surface area contributed by atoms with E-state index in [1.54, 1.807) is 48.5 Å². The van der Waals surface area contributed by atoms with E-state index in [0.717, 1.165) is 0 Å². The van der Waals surface area contributed by atoms with Crippen molar-refractivity contribution in [3.8, 4) is 0 Å². The first-order valence-electron chi connectivity index (χ1n) is 8.20. The molecule has 0 radical (unpaired) electrons.